The van der Waals surface area contributed by atoms with Crippen molar-refractivity contribution in [3.8, 4) is 5.75 Å². The van der Waals surface area contributed by atoms with Gasteiger partial charge in [0.1, 0.15) is 5.75 Å². The Morgan fingerprint density at radius 3 is 3.14 bits per heavy atom. The highest BCUT2D eigenvalue weighted by Crippen LogP contribution is 2.10. The summed E-state index contributed by atoms with van der Waals surface area (Å²) >= 11 is 5.97. The van der Waals surface area contributed by atoms with E-state index in [1.165, 1.54) is 4.09 Å². The number of pyridine rings is 1. The molecule has 0 spiro atoms. The summed E-state index contributed by atoms with van der Waals surface area (Å²) in [5.74, 6) is 1.59. The smallest absolute Gasteiger partial charge is 0.272 e. The van der Waals surface area contributed by atoms with E-state index in [1.54, 1.807) is 19.4 Å². The Hall–Kier alpha value is -1.29. The van der Waals surface area contributed by atoms with Gasteiger partial charge in [-0.3, -0.25) is 4.99 Å². The van der Waals surface area contributed by atoms with Crippen LogP contribution >= 0.6 is 11.8 Å². The molecule has 0 radical (unpaired) electrons. The number of nitrogens with zero attached hydrogens (tertiary/aromatic N) is 2. The number of hydrogen-bond acceptors (Lipinski definition) is 3. The molecule has 0 aromatic carbocycles. The third-order valence-electron chi connectivity index (χ3n) is 2.03. The van der Waals surface area contributed by atoms with E-state index in [9.17, 15) is 0 Å². The zero-order chi connectivity index (χ0) is 9.97. The van der Waals surface area contributed by atoms with Crippen LogP contribution in [-0.2, 0) is 0 Å². The molecule has 1 N–H and O–H groups in total. The van der Waals surface area contributed by atoms with E-state index in [1.807, 2.05) is 6.07 Å². The molecule has 74 valence electrons. The van der Waals surface area contributed by atoms with E-state index in [0.717, 1.165) is 30.4 Å². The molecule has 1 aliphatic rings. The van der Waals surface area contributed by atoms with Gasteiger partial charge in [-0.25, -0.2) is 0 Å². The lowest BCUT2D eigenvalue weighted by Crippen LogP contribution is -2.34. The zero-order valence-corrected chi connectivity index (χ0v) is 8.58. The highest BCUT2D eigenvalue weighted by molar-refractivity contribution is 6.07. The van der Waals surface area contributed by atoms with Gasteiger partial charge in [0.15, 0.2) is 12.0 Å². The Morgan fingerprint density at radius 2 is 2.50 bits per heavy atom. The van der Waals surface area contributed by atoms with Crippen molar-refractivity contribution in [2.75, 3.05) is 20.2 Å². The molecule has 0 unspecified atom stereocenters. The summed E-state index contributed by atoms with van der Waals surface area (Å²) in [6, 6.07) is 3.65. The van der Waals surface area contributed by atoms with Gasteiger partial charge >= 0.3 is 0 Å². The number of hydrogen-bond donors (Lipinski definition) is 1. The van der Waals surface area contributed by atoms with Gasteiger partial charge < -0.3 is 10.1 Å². The minimum atomic E-state index is 0.772. The molecule has 1 aromatic rings. The second kappa shape index (κ2) is 3.84. The monoisotopic (exact) mass is 212 g/mol. The van der Waals surface area contributed by atoms with E-state index in [-0.39, 0.29) is 0 Å². The number of amidine groups is 1. The number of ether oxygens (including phenoxy) is 1. The molecule has 14 heavy (non-hydrogen) atoms. The van der Waals surface area contributed by atoms with E-state index in [4.69, 9.17) is 16.5 Å². The van der Waals surface area contributed by atoms with Gasteiger partial charge in [-0.05, 0) is 0 Å². The molecule has 0 atom stereocenters. The summed E-state index contributed by atoms with van der Waals surface area (Å²) < 4.78 is 6.61. The van der Waals surface area contributed by atoms with Crippen LogP contribution in [0.5, 0.6) is 5.75 Å². The van der Waals surface area contributed by atoms with Crippen molar-refractivity contribution in [3.63, 3.8) is 0 Å². The molecule has 0 bridgehead atoms. The summed E-state index contributed by atoms with van der Waals surface area (Å²) in [7, 11) is 1.63. The average molecular weight is 213 g/mol. The van der Waals surface area contributed by atoms with Gasteiger partial charge in [-0.15, -0.1) is 0 Å². The molecule has 0 aliphatic carbocycles. The van der Waals surface area contributed by atoms with Crippen LogP contribution < -0.4 is 14.1 Å². The summed E-state index contributed by atoms with van der Waals surface area (Å²) in [6.45, 7) is 1.66. The van der Waals surface area contributed by atoms with Crippen molar-refractivity contribution in [1.29, 1.82) is 0 Å². The van der Waals surface area contributed by atoms with Gasteiger partial charge in [0, 0.05) is 12.6 Å². The summed E-state index contributed by atoms with van der Waals surface area (Å²) in [4.78, 5) is 4.29. The van der Waals surface area contributed by atoms with E-state index in [2.05, 4.69) is 10.3 Å². The number of rotatable bonds is 2. The number of nitrogens with one attached hydrogen (secondary N) is 1. The van der Waals surface area contributed by atoms with Crippen molar-refractivity contribution in [2.24, 2.45) is 4.99 Å². The predicted molar refractivity (Wildman–Crippen MR) is 53.8 cm³/mol. The summed E-state index contributed by atoms with van der Waals surface area (Å²) in [5.41, 5.74) is 0.823. The fraction of sp³-hybridized carbons (Fsp3) is 0.333. The Morgan fingerprint density at radius 1 is 1.64 bits per heavy atom. The van der Waals surface area contributed by atoms with Crippen LogP contribution in [0.4, 0.5) is 0 Å². The van der Waals surface area contributed by atoms with Crippen LogP contribution in [0.3, 0.4) is 0 Å². The van der Waals surface area contributed by atoms with Crippen molar-refractivity contribution in [1.82, 2.24) is 5.32 Å². The maximum absolute atomic E-state index is 5.97. The molecule has 1 aliphatic heterocycles. The van der Waals surface area contributed by atoms with Crippen molar-refractivity contribution >= 4 is 17.6 Å². The van der Waals surface area contributed by atoms with E-state index in [0.29, 0.717) is 0 Å². The Bertz CT molecular complexity index is 378. The van der Waals surface area contributed by atoms with E-state index >= 15 is 0 Å². The zero-order valence-electron chi connectivity index (χ0n) is 7.83. The van der Waals surface area contributed by atoms with Gasteiger partial charge in [0.25, 0.3) is 17.5 Å². The predicted octanol–water partition coefficient (Wildman–Crippen LogP) is 0.334. The second-order valence-electron chi connectivity index (χ2n) is 2.92. The van der Waals surface area contributed by atoms with Crippen LogP contribution in [0.2, 0.25) is 0 Å². The molecule has 2 rings (SSSR count). The first-order chi connectivity index (χ1) is 6.81. The average Bonchev–Trinajstić information content (AvgIpc) is 2.71. The van der Waals surface area contributed by atoms with Crippen LogP contribution in [-0.4, -0.2) is 26.0 Å². The van der Waals surface area contributed by atoms with Crippen molar-refractivity contribution in [3.05, 3.63) is 24.0 Å². The highest BCUT2D eigenvalue weighted by atomic mass is 35.5. The maximum atomic E-state index is 5.97. The standard InChI is InChI=1S/C9H11ClN3O/c1-14-7-2-5-13(10)8(6-7)9-11-3-4-12-9/h2,5-6H,3-4H2,1H3,(H,11,12)/q+1. The number of aromatic nitrogens is 1. The largest absolute Gasteiger partial charge is 0.496 e. The molecule has 4 nitrogen and oxygen atoms in total. The topological polar surface area (TPSA) is 37.5 Å². The van der Waals surface area contributed by atoms with Crippen LogP contribution in [0.25, 0.3) is 0 Å². The van der Waals surface area contributed by atoms with E-state index < -0.39 is 0 Å². The lowest BCUT2D eigenvalue weighted by molar-refractivity contribution is -0.521. The normalized spacial score (nSPS) is 14.9. The van der Waals surface area contributed by atoms with Crippen LogP contribution in [0, 0.1) is 0 Å². The molecule has 2 heterocycles. The van der Waals surface area contributed by atoms with Crippen molar-refractivity contribution < 1.29 is 8.82 Å². The first kappa shape index (κ1) is 9.27. The summed E-state index contributed by atoms with van der Waals surface area (Å²) in [5, 5.41) is 3.15. The molecular weight excluding hydrogens is 202 g/mol. The van der Waals surface area contributed by atoms with Crippen molar-refractivity contribution in [2.45, 2.75) is 0 Å². The van der Waals surface area contributed by atoms with Gasteiger partial charge in [0.05, 0.1) is 19.7 Å². The van der Waals surface area contributed by atoms with Gasteiger partial charge in [-0.1, -0.05) is 4.09 Å². The van der Waals surface area contributed by atoms with Crippen LogP contribution in [0.1, 0.15) is 5.69 Å². The van der Waals surface area contributed by atoms with Gasteiger partial charge in [0.2, 0.25) is 0 Å². The van der Waals surface area contributed by atoms with Gasteiger partial charge in [-0.2, -0.15) is 0 Å². The fourth-order valence-corrected chi connectivity index (χ4v) is 1.51. The number of methoxy groups -OCH3 is 1. The third-order valence-corrected chi connectivity index (χ3v) is 2.33. The number of halogens is 1. The number of aliphatic imine (C=N–C) groups is 1. The third kappa shape index (κ3) is 1.65. The fourth-order valence-electron chi connectivity index (χ4n) is 1.33. The molecule has 0 amide bonds. The Labute approximate surface area is 87.3 Å². The molecule has 0 saturated heterocycles. The van der Waals surface area contributed by atoms with Crippen LogP contribution in [0.15, 0.2) is 23.3 Å². The SMILES string of the molecule is COc1cc[n+](Cl)c(C2=NCCN2)c1. The maximum Gasteiger partial charge on any atom is 0.272 e. The lowest BCUT2D eigenvalue weighted by Gasteiger charge is -2.00. The quantitative estimate of drug-likeness (QED) is 0.768. The molecule has 0 saturated carbocycles. The highest BCUT2D eigenvalue weighted by Gasteiger charge is 2.20. The molecule has 1 aromatic heterocycles. The summed E-state index contributed by atoms with van der Waals surface area (Å²) in [6.07, 6.45) is 1.73. The molecule has 0 fully saturated rings. The Balaban J connectivity index is 2.40. The first-order valence-electron chi connectivity index (χ1n) is 4.36. The Kier molecular flexibility index (Phi) is 2.54. The molecule has 5 heteroatoms. The first-order valence-corrected chi connectivity index (χ1v) is 4.69. The lowest BCUT2D eigenvalue weighted by atomic mass is 10.3. The minimum Gasteiger partial charge on any atom is -0.496 e. The second-order valence-corrected chi connectivity index (χ2v) is 3.28. The minimum absolute atomic E-state index is 0.772. The molecular formula is C9H11ClN3O+.